The third-order valence-electron chi connectivity index (χ3n) is 3.20. The summed E-state index contributed by atoms with van der Waals surface area (Å²) in [6.45, 7) is 0. The van der Waals surface area contributed by atoms with E-state index in [2.05, 4.69) is 32.6 Å². The van der Waals surface area contributed by atoms with Crippen molar-refractivity contribution in [3.63, 3.8) is 0 Å². The molecule has 3 aromatic rings. The molecule has 0 amide bonds. The largest absolute Gasteiger partial charge is 0.340 e. The number of nitriles is 1. The lowest BCUT2D eigenvalue weighted by Crippen LogP contribution is -2.12. The van der Waals surface area contributed by atoms with Crippen LogP contribution in [-0.2, 0) is 0 Å². The molecule has 0 aliphatic rings. The molecule has 5 heteroatoms. The lowest BCUT2D eigenvalue weighted by molar-refractivity contribution is 0.0976. The smallest absolute Gasteiger partial charge is 0.187 e. The van der Waals surface area contributed by atoms with E-state index in [4.69, 9.17) is 0 Å². The first-order valence-electron chi connectivity index (χ1n) is 6.33. The van der Waals surface area contributed by atoms with Crippen LogP contribution < -0.4 is 0 Å². The molecule has 1 atom stereocenters. The van der Waals surface area contributed by atoms with Gasteiger partial charge in [-0.25, -0.2) is 4.98 Å². The number of aromatic nitrogens is 2. The Bertz CT molecular complexity index is 813. The van der Waals surface area contributed by atoms with Crippen LogP contribution in [0.25, 0.3) is 11.0 Å². The summed E-state index contributed by atoms with van der Waals surface area (Å²) in [5.74, 6) is -0.771. The number of aromatic amines is 1. The number of para-hydroxylation sites is 2. The summed E-state index contributed by atoms with van der Waals surface area (Å²) in [7, 11) is 0. The maximum Gasteiger partial charge on any atom is 0.187 e. The normalized spacial score (nSPS) is 12.0. The number of carbonyl (C=O) groups is 1. The maximum atomic E-state index is 12.5. The summed E-state index contributed by atoms with van der Waals surface area (Å²) in [4.78, 5) is 19.9. The van der Waals surface area contributed by atoms with E-state index in [-0.39, 0.29) is 5.78 Å². The summed E-state index contributed by atoms with van der Waals surface area (Å²) in [5, 5.41) is 9.36. The van der Waals surface area contributed by atoms with E-state index in [9.17, 15) is 10.1 Å². The first-order chi connectivity index (χ1) is 10.2. The molecule has 1 heterocycles. The van der Waals surface area contributed by atoms with Gasteiger partial charge in [0, 0.05) is 9.13 Å². The predicted octanol–water partition coefficient (Wildman–Crippen LogP) is 3.66. The summed E-state index contributed by atoms with van der Waals surface area (Å²) < 4.78 is 1.04. The van der Waals surface area contributed by atoms with Crippen molar-refractivity contribution < 1.29 is 4.79 Å². The Morgan fingerprint density at radius 2 is 1.90 bits per heavy atom. The third-order valence-corrected chi connectivity index (χ3v) is 3.92. The molecule has 0 aliphatic carbocycles. The molecule has 0 saturated heterocycles. The standard InChI is InChI=1S/C16H10IN3O/c17-11-7-5-10(6-8-11)15(21)12(9-18)16-19-13-3-1-2-4-14(13)20-16/h1-8,12H,(H,19,20)/t12-/m0/s1. The van der Waals surface area contributed by atoms with Gasteiger partial charge in [0.25, 0.3) is 0 Å². The Morgan fingerprint density at radius 1 is 1.19 bits per heavy atom. The van der Waals surface area contributed by atoms with Crippen molar-refractivity contribution in [1.29, 1.82) is 5.26 Å². The summed E-state index contributed by atoms with van der Waals surface area (Å²) in [6, 6.07) is 16.7. The molecule has 0 spiro atoms. The molecule has 0 radical (unpaired) electrons. The molecule has 2 aromatic carbocycles. The van der Waals surface area contributed by atoms with E-state index >= 15 is 0 Å². The number of nitrogens with zero attached hydrogens (tertiary/aromatic N) is 2. The zero-order chi connectivity index (χ0) is 14.8. The van der Waals surface area contributed by atoms with Gasteiger partial charge in [-0.05, 0) is 46.9 Å². The number of halogens is 1. The number of benzene rings is 2. The Morgan fingerprint density at radius 3 is 2.57 bits per heavy atom. The maximum absolute atomic E-state index is 12.5. The second kappa shape index (κ2) is 5.66. The summed E-state index contributed by atoms with van der Waals surface area (Å²) in [6.07, 6.45) is 0. The van der Waals surface area contributed by atoms with Gasteiger partial charge in [0.2, 0.25) is 0 Å². The highest BCUT2D eigenvalue weighted by Crippen LogP contribution is 2.21. The van der Waals surface area contributed by atoms with Gasteiger partial charge in [0.05, 0.1) is 17.1 Å². The molecule has 0 bridgehead atoms. The van der Waals surface area contributed by atoms with Crippen LogP contribution in [0.3, 0.4) is 0 Å². The second-order valence-corrected chi connectivity index (χ2v) is 5.82. The highest BCUT2D eigenvalue weighted by atomic mass is 127. The SMILES string of the molecule is N#C[C@@H](C(=O)c1ccc(I)cc1)c1nc2ccccc2[nH]1. The van der Waals surface area contributed by atoms with Crippen molar-refractivity contribution in [2.45, 2.75) is 5.92 Å². The minimum atomic E-state index is -0.919. The predicted molar refractivity (Wildman–Crippen MR) is 87.9 cm³/mol. The summed E-state index contributed by atoms with van der Waals surface area (Å²) >= 11 is 2.17. The molecular weight excluding hydrogens is 377 g/mol. The minimum absolute atomic E-state index is 0.243. The fourth-order valence-corrected chi connectivity index (χ4v) is 2.49. The van der Waals surface area contributed by atoms with Crippen LogP contribution in [0.2, 0.25) is 0 Å². The van der Waals surface area contributed by atoms with E-state index in [1.807, 2.05) is 42.5 Å². The molecule has 1 N–H and O–H groups in total. The quantitative estimate of drug-likeness (QED) is 0.551. The number of H-pyrrole nitrogens is 1. The van der Waals surface area contributed by atoms with E-state index in [1.54, 1.807) is 12.1 Å². The minimum Gasteiger partial charge on any atom is -0.340 e. The zero-order valence-corrected chi connectivity index (χ0v) is 13.0. The number of ketones is 1. The first kappa shape index (κ1) is 13.8. The highest BCUT2D eigenvalue weighted by Gasteiger charge is 2.24. The number of hydrogen-bond donors (Lipinski definition) is 1. The third kappa shape index (κ3) is 2.67. The van der Waals surface area contributed by atoms with E-state index in [1.165, 1.54) is 0 Å². The number of rotatable bonds is 3. The van der Waals surface area contributed by atoms with Crippen molar-refractivity contribution in [1.82, 2.24) is 9.97 Å². The van der Waals surface area contributed by atoms with Crippen molar-refractivity contribution >= 4 is 39.4 Å². The van der Waals surface area contributed by atoms with Gasteiger partial charge in [0.15, 0.2) is 11.7 Å². The van der Waals surface area contributed by atoms with Gasteiger partial charge in [0.1, 0.15) is 5.82 Å². The number of imidazole rings is 1. The van der Waals surface area contributed by atoms with Crippen LogP contribution in [0.15, 0.2) is 48.5 Å². The van der Waals surface area contributed by atoms with Crippen molar-refractivity contribution in [3.05, 3.63) is 63.5 Å². The van der Waals surface area contributed by atoms with Gasteiger partial charge >= 0.3 is 0 Å². The number of carbonyl (C=O) groups excluding carboxylic acids is 1. The van der Waals surface area contributed by atoms with Crippen LogP contribution in [0.4, 0.5) is 0 Å². The fourth-order valence-electron chi connectivity index (χ4n) is 2.13. The topological polar surface area (TPSA) is 69.5 Å². The zero-order valence-electron chi connectivity index (χ0n) is 10.9. The number of nitrogens with one attached hydrogen (secondary N) is 1. The summed E-state index contributed by atoms with van der Waals surface area (Å²) in [5.41, 5.74) is 2.09. The molecule has 1 aromatic heterocycles. The van der Waals surface area contributed by atoms with Gasteiger partial charge in [-0.1, -0.05) is 24.3 Å². The van der Waals surface area contributed by atoms with Gasteiger partial charge in [-0.15, -0.1) is 0 Å². The fraction of sp³-hybridized carbons (Fsp3) is 0.0625. The van der Waals surface area contributed by atoms with E-state index in [0.717, 1.165) is 14.6 Å². The van der Waals surface area contributed by atoms with Crippen LogP contribution >= 0.6 is 22.6 Å². The number of hydrogen-bond acceptors (Lipinski definition) is 3. The Labute approximate surface area is 135 Å². The first-order valence-corrected chi connectivity index (χ1v) is 7.41. The highest BCUT2D eigenvalue weighted by molar-refractivity contribution is 14.1. The Hall–Kier alpha value is -2.20. The van der Waals surface area contributed by atoms with Crippen molar-refractivity contribution in [3.8, 4) is 6.07 Å². The van der Waals surface area contributed by atoms with Crippen molar-refractivity contribution in [2.75, 3.05) is 0 Å². The molecule has 0 aliphatic heterocycles. The van der Waals surface area contributed by atoms with E-state index < -0.39 is 5.92 Å². The monoisotopic (exact) mass is 387 g/mol. The average Bonchev–Trinajstić information content (AvgIpc) is 2.92. The number of Topliss-reactive ketones (excluding diaryl/α,β-unsaturated/α-hetero) is 1. The molecule has 102 valence electrons. The van der Waals surface area contributed by atoms with Gasteiger partial charge in [-0.2, -0.15) is 5.26 Å². The van der Waals surface area contributed by atoms with Crippen LogP contribution in [0, 0.1) is 14.9 Å². The van der Waals surface area contributed by atoms with Crippen LogP contribution in [0.1, 0.15) is 22.1 Å². The van der Waals surface area contributed by atoms with Gasteiger partial charge < -0.3 is 4.98 Å². The molecule has 3 rings (SSSR count). The lowest BCUT2D eigenvalue weighted by atomic mass is 9.98. The van der Waals surface area contributed by atoms with Crippen LogP contribution in [0.5, 0.6) is 0 Å². The van der Waals surface area contributed by atoms with Crippen LogP contribution in [-0.4, -0.2) is 15.8 Å². The molecule has 0 saturated carbocycles. The second-order valence-electron chi connectivity index (χ2n) is 4.57. The molecule has 0 unspecified atom stereocenters. The van der Waals surface area contributed by atoms with Crippen molar-refractivity contribution in [2.24, 2.45) is 0 Å². The number of fused-ring (bicyclic) bond motifs is 1. The molecule has 4 nitrogen and oxygen atoms in total. The Balaban J connectivity index is 1.99. The average molecular weight is 387 g/mol. The Kier molecular flexibility index (Phi) is 3.71. The molecule has 21 heavy (non-hydrogen) atoms. The molecule has 0 fully saturated rings. The lowest BCUT2D eigenvalue weighted by Gasteiger charge is -2.05. The van der Waals surface area contributed by atoms with E-state index in [0.29, 0.717) is 11.4 Å². The molecular formula is C16H10IN3O. The van der Waals surface area contributed by atoms with Gasteiger partial charge in [-0.3, -0.25) is 4.79 Å².